The van der Waals surface area contributed by atoms with Gasteiger partial charge < -0.3 is 4.42 Å². The zero-order valence-electron chi connectivity index (χ0n) is 10.3. The second-order valence-corrected chi connectivity index (χ2v) is 4.82. The first-order chi connectivity index (χ1) is 9.01. The molecule has 0 aliphatic carbocycles. The maximum Gasteiger partial charge on any atom is 0.222 e. The van der Waals surface area contributed by atoms with Gasteiger partial charge >= 0.3 is 0 Å². The molecule has 0 N–H and O–H groups in total. The van der Waals surface area contributed by atoms with E-state index in [0.717, 1.165) is 11.4 Å². The van der Waals surface area contributed by atoms with Crippen molar-refractivity contribution in [3.63, 3.8) is 0 Å². The molecule has 19 heavy (non-hydrogen) atoms. The highest BCUT2D eigenvalue weighted by molar-refractivity contribution is 9.10. The Balaban J connectivity index is 2.40. The number of aryl methyl sites for hydroxylation is 2. The predicted molar refractivity (Wildman–Crippen MR) is 70.6 cm³/mol. The molecule has 2 aromatic rings. The molecule has 0 saturated carbocycles. The number of hydrogen-bond donors (Lipinski definition) is 0. The lowest BCUT2D eigenvalue weighted by Gasteiger charge is -2.07. The summed E-state index contributed by atoms with van der Waals surface area (Å²) in [6.45, 7) is 3.58. The number of aromatic nitrogens is 2. The summed E-state index contributed by atoms with van der Waals surface area (Å²) in [6.07, 6.45) is 0. The predicted octanol–water partition coefficient (Wildman–Crippen LogP) is 2.94. The molecular formula is C13H10BrN3O2. The highest BCUT2D eigenvalue weighted by Gasteiger charge is 2.27. The van der Waals surface area contributed by atoms with Crippen LogP contribution in [0, 0.1) is 25.2 Å². The topological polar surface area (TPSA) is 79.8 Å². The van der Waals surface area contributed by atoms with Gasteiger partial charge in [-0.05, 0) is 48.0 Å². The number of carbonyl (C=O) groups excluding carboxylic acids is 1. The van der Waals surface area contributed by atoms with E-state index in [1.807, 2.05) is 6.07 Å². The van der Waals surface area contributed by atoms with Crippen molar-refractivity contribution in [1.82, 2.24) is 9.97 Å². The number of carbonyl (C=O) groups is 1. The van der Waals surface area contributed by atoms with Crippen LogP contribution in [0.25, 0.3) is 0 Å². The van der Waals surface area contributed by atoms with Crippen LogP contribution in [0.1, 0.15) is 33.7 Å². The first-order valence-electron chi connectivity index (χ1n) is 5.52. The minimum atomic E-state index is -1.06. The van der Waals surface area contributed by atoms with Crippen molar-refractivity contribution in [1.29, 1.82) is 5.26 Å². The van der Waals surface area contributed by atoms with E-state index >= 15 is 0 Å². The number of nitriles is 1. The summed E-state index contributed by atoms with van der Waals surface area (Å²) in [6, 6.07) is 6.83. The summed E-state index contributed by atoms with van der Waals surface area (Å²) in [5.74, 6) is -1.19. The lowest BCUT2D eigenvalue weighted by atomic mass is 10.0. The van der Waals surface area contributed by atoms with Gasteiger partial charge in [-0.2, -0.15) is 5.26 Å². The molecule has 0 radical (unpaired) electrons. The SMILES string of the molecule is Cc1cc(C)nc([C@@H](C#N)C(=O)c2ccc(Br)o2)n1. The Morgan fingerprint density at radius 3 is 2.47 bits per heavy atom. The zero-order valence-corrected chi connectivity index (χ0v) is 11.9. The molecule has 2 rings (SSSR count). The van der Waals surface area contributed by atoms with Crippen LogP contribution < -0.4 is 0 Å². The summed E-state index contributed by atoms with van der Waals surface area (Å²) < 4.78 is 5.61. The van der Waals surface area contributed by atoms with E-state index < -0.39 is 11.7 Å². The van der Waals surface area contributed by atoms with Crippen molar-refractivity contribution in [2.75, 3.05) is 0 Å². The molecule has 0 spiro atoms. The van der Waals surface area contributed by atoms with Crippen molar-refractivity contribution in [2.24, 2.45) is 0 Å². The third-order valence-corrected chi connectivity index (χ3v) is 2.89. The van der Waals surface area contributed by atoms with Crippen molar-refractivity contribution in [3.05, 3.63) is 45.8 Å². The molecule has 0 fully saturated rings. The van der Waals surface area contributed by atoms with Gasteiger partial charge in [0.1, 0.15) is 0 Å². The average Bonchev–Trinajstić information content (AvgIpc) is 2.75. The molecule has 1 atom stereocenters. The quantitative estimate of drug-likeness (QED) is 0.812. The van der Waals surface area contributed by atoms with Crippen LogP contribution in [0.4, 0.5) is 0 Å². The number of rotatable bonds is 3. The smallest absolute Gasteiger partial charge is 0.222 e. The second kappa shape index (κ2) is 5.33. The fourth-order valence-electron chi connectivity index (χ4n) is 1.70. The highest BCUT2D eigenvalue weighted by atomic mass is 79.9. The van der Waals surface area contributed by atoms with Crippen LogP contribution in [0.3, 0.4) is 0 Å². The fourth-order valence-corrected chi connectivity index (χ4v) is 2.01. The van der Waals surface area contributed by atoms with Gasteiger partial charge in [0.25, 0.3) is 0 Å². The number of hydrogen-bond acceptors (Lipinski definition) is 5. The summed E-state index contributed by atoms with van der Waals surface area (Å²) in [5, 5.41) is 9.20. The average molecular weight is 320 g/mol. The summed E-state index contributed by atoms with van der Waals surface area (Å²) in [4.78, 5) is 20.5. The van der Waals surface area contributed by atoms with Crippen LogP contribution in [0.15, 0.2) is 27.3 Å². The Labute approximate surface area is 118 Å². The lowest BCUT2D eigenvalue weighted by molar-refractivity contribution is 0.0948. The van der Waals surface area contributed by atoms with E-state index in [2.05, 4.69) is 25.9 Å². The first-order valence-corrected chi connectivity index (χ1v) is 6.32. The number of ketones is 1. The van der Waals surface area contributed by atoms with Gasteiger partial charge in [0.15, 0.2) is 22.2 Å². The van der Waals surface area contributed by atoms with Gasteiger partial charge in [0, 0.05) is 11.4 Å². The second-order valence-electron chi connectivity index (χ2n) is 4.04. The third-order valence-electron chi connectivity index (χ3n) is 2.47. The Morgan fingerprint density at radius 2 is 2.00 bits per heavy atom. The van der Waals surface area contributed by atoms with Gasteiger partial charge in [-0.15, -0.1) is 0 Å². The van der Waals surface area contributed by atoms with E-state index in [0.29, 0.717) is 4.67 Å². The Bertz CT molecular complexity index is 653. The minimum absolute atomic E-state index is 0.112. The number of Topliss-reactive ketones (excluding diaryl/α,β-unsaturated/α-hetero) is 1. The molecule has 0 aliphatic heterocycles. The van der Waals surface area contributed by atoms with Gasteiger partial charge in [-0.3, -0.25) is 4.79 Å². The Hall–Kier alpha value is -2.00. The van der Waals surface area contributed by atoms with Gasteiger partial charge in [0.05, 0.1) is 6.07 Å². The minimum Gasteiger partial charge on any atom is -0.446 e. The summed E-state index contributed by atoms with van der Waals surface area (Å²) >= 11 is 3.12. The van der Waals surface area contributed by atoms with Crippen LogP contribution in [-0.4, -0.2) is 15.8 Å². The van der Waals surface area contributed by atoms with Crippen LogP contribution in [0.2, 0.25) is 0 Å². The van der Waals surface area contributed by atoms with Crippen molar-refractivity contribution in [3.8, 4) is 6.07 Å². The molecule has 0 amide bonds. The molecule has 96 valence electrons. The van der Waals surface area contributed by atoms with E-state index in [1.165, 1.54) is 6.07 Å². The largest absolute Gasteiger partial charge is 0.446 e. The monoisotopic (exact) mass is 319 g/mol. The Morgan fingerprint density at radius 1 is 1.37 bits per heavy atom. The third kappa shape index (κ3) is 2.88. The Kier molecular flexibility index (Phi) is 3.76. The number of halogens is 1. The highest BCUT2D eigenvalue weighted by Crippen LogP contribution is 2.22. The van der Waals surface area contributed by atoms with E-state index in [1.54, 1.807) is 26.0 Å². The number of furan rings is 1. The molecule has 2 heterocycles. The van der Waals surface area contributed by atoms with E-state index in [-0.39, 0.29) is 11.6 Å². The molecular weight excluding hydrogens is 310 g/mol. The van der Waals surface area contributed by atoms with Crippen LogP contribution in [-0.2, 0) is 0 Å². The molecule has 0 unspecified atom stereocenters. The van der Waals surface area contributed by atoms with E-state index in [9.17, 15) is 10.1 Å². The van der Waals surface area contributed by atoms with Crippen molar-refractivity contribution in [2.45, 2.75) is 19.8 Å². The van der Waals surface area contributed by atoms with Crippen LogP contribution in [0.5, 0.6) is 0 Å². The summed E-state index contributed by atoms with van der Waals surface area (Å²) in [7, 11) is 0. The van der Waals surface area contributed by atoms with Gasteiger partial charge in [-0.25, -0.2) is 9.97 Å². The molecule has 0 bridgehead atoms. The molecule has 5 nitrogen and oxygen atoms in total. The maximum absolute atomic E-state index is 12.2. The zero-order chi connectivity index (χ0) is 14.0. The number of nitrogens with zero attached hydrogens (tertiary/aromatic N) is 3. The van der Waals surface area contributed by atoms with E-state index in [4.69, 9.17) is 4.42 Å². The maximum atomic E-state index is 12.2. The van der Waals surface area contributed by atoms with Crippen molar-refractivity contribution >= 4 is 21.7 Å². The molecule has 0 aliphatic rings. The first kappa shape index (κ1) is 13.4. The van der Waals surface area contributed by atoms with Gasteiger partial charge in [0.2, 0.25) is 5.78 Å². The molecule has 0 saturated heterocycles. The fraction of sp³-hybridized carbons (Fsp3) is 0.231. The molecule has 6 heteroatoms. The standard InChI is InChI=1S/C13H10BrN3O2/c1-7-5-8(2)17-13(16-7)9(6-15)12(18)10-3-4-11(14)19-10/h3-5,9H,1-2H3/t9-/m0/s1. The molecule has 0 aromatic carbocycles. The normalized spacial score (nSPS) is 11.9. The van der Waals surface area contributed by atoms with Gasteiger partial charge in [-0.1, -0.05) is 0 Å². The van der Waals surface area contributed by atoms with Crippen molar-refractivity contribution < 1.29 is 9.21 Å². The summed E-state index contributed by atoms with van der Waals surface area (Å²) in [5.41, 5.74) is 1.44. The lowest BCUT2D eigenvalue weighted by Crippen LogP contribution is -2.15. The molecule has 2 aromatic heterocycles. The van der Waals surface area contributed by atoms with Crippen LogP contribution >= 0.6 is 15.9 Å².